The van der Waals surface area contributed by atoms with Crippen LogP contribution in [0.4, 0.5) is 11.4 Å². The van der Waals surface area contributed by atoms with E-state index < -0.39 is 0 Å². The average Bonchev–Trinajstić information content (AvgIpc) is 2.55. The molecular weight excluding hydrogens is 220 g/mol. The van der Waals surface area contributed by atoms with Gasteiger partial charge in [-0.3, -0.25) is 0 Å². The number of hydrogen-bond acceptors (Lipinski definition) is 2. The summed E-state index contributed by atoms with van der Waals surface area (Å²) >= 11 is 0. The maximum Gasteiger partial charge on any atom is 0.0433 e. The molecule has 0 radical (unpaired) electrons. The molecule has 1 aliphatic heterocycles. The molecule has 1 atom stereocenters. The first-order chi connectivity index (χ1) is 8.75. The summed E-state index contributed by atoms with van der Waals surface area (Å²) in [6.45, 7) is 0. The van der Waals surface area contributed by atoms with Crippen LogP contribution >= 0.6 is 0 Å². The van der Waals surface area contributed by atoms with Crippen LogP contribution in [-0.2, 0) is 6.42 Å². The van der Waals surface area contributed by atoms with Crippen molar-refractivity contribution < 1.29 is 0 Å². The number of benzene rings is 2. The van der Waals surface area contributed by atoms with Crippen molar-refractivity contribution >= 4 is 11.4 Å². The largest absolute Gasteiger partial charge is 0.355 e. The van der Waals surface area contributed by atoms with E-state index in [0.717, 1.165) is 6.42 Å². The number of likely N-dealkylation sites (N-methyl/N-ethyl adjacent to an activating group) is 1. The minimum Gasteiger partial charge on any atom is -0.355 e. The fraction of sp³-hybridized carbons (Fsp3) is 0.250. The van der Waals surface area contributed by atoms with Crippen molar-refractivity contribution in [2.75, 3.05) is 19.4 Å². The Hall–Kier alpha value is -1.80. The van der Waals surface area contributed by atoms with Crippen molar-refractivity contribution in [2.24, 2.45) is 0 Å². The van der Waals surface area contributed by atoms with Gasteiger partial charge in [0.25, 0.3) is 0 Å². The molecule has 0 saturated heterocycles. The first kappa shape index (κ1) is 11.3. The highest BCUT2D eigenvalue weighted by Gasteiger charge is 2.22. The van der Waals surface area contributed by atoms with Crippen LogP contribution in [0.5, 0.6) is 0 Å². The molecule has 1 heterocycles. The van der Waals surface area contributed by atoms with Gasteiger partial charge in [-0.2, -0.15) is 0 Å². The van der Waals surface area contributed by atoms with E-state index in [9.17, 15) is 0 Å². The molecule has 1 unspecified atom stereocenters. The van der Waals surface area contributed by atoms with Crippen LogP contribution in [0.15, 0.2) is 48.5 Å². The summed E-state index contributed by atoms with van der Waals surface area (Å²) in [6.07, 6.45) is 1.05. The Labute approximate surface area is 108 Å². The molecule has 2 nitrogen and oxygen atoms in total. The molecule has 0 aliphatic carbocycles. The minimum atomic E-state index is 0.428. The van der Waals surface area contributed by atoms with Gasteiger partial charge in [0, 0.05) is 17.4 Å². The Bertz CT molecular complexity index is 561. The Morgan fingerprint density at radius 3 is 2.39 bits per heavy atom. The van der Waals surface area contributed by atoms with Crippen LogP contribution in [0.2, 0.25) is 0 Å². The number of nitrogens with zero attached hydrogens (tertiary/aromatic N) is 1. The van der Waals surface area contributed by atoms with Gasteiger partial charge in [-0.15, -0.1) is 0 Å². The van der Waals surface area contributed by atoms with Gasteiger partial charge < -0.3 is 10.2 Å². The topological polar surface area (TPSA) is 15.3 Å². The molecular formula is C16H18N2. The Morgan fingerprint density at radius 2 is 1.61 bits per heavy atom. The van der Waals surface area contributed by atoms with Crippen molar-refractivity contribution in [2.45, 2.75) is 12.5 Å². The quantitative estimate of drug-likeness (QED) is 0.816. The predicted molar refractivity (Wildman–Crippen MR) is 76.3 cm³/mol. The highest BCUT2D eigenvalue weighted by atomic mass is 15.1. The molecule has 1 aliphatic rings. The lowest BCUT2D eigenvalue weighted by molar-refractivity contribution is 0.299. The second-order valence-electron chi connectivity index (χ2n) is 5.05. The van der Waals surface area contributed by atoms with Gasteiger partial charge in [-0.25, -0.2) is 0 Å². The van der Waals surface area contributed by atoms with Crippen molar-refractivity contribution in [3.05, 3.63) is 59.7 Å². The van der Waals surface area contributed by atoms with Crippen LogP contribution in [0.25, 0.3) is 0 Å². The standard InChI is InChI=1S/C16H18N2/c1-18(2)16-11-12-7-3-5-9-14(12)17-15-10-6-4-8-13(15)16/h3-10,16-17H,11H2,1-2H3. The highest BCUT2D eigenvalue weighted by molar-refractivity contribution is 5.68. The van der Waals surface area contributed by atoms with Crippen LogP contribution in [0.3, 0.4) is 0 Å². The fourth-order valence-electron chi connectivity index (χ4n) is 2.65. The molecule has 2 heteroatoms. The third-order valence-electron chi connectivity index (χ3n) is 3.64. The molecule has 0 amide bonds. The fourth-order valence-corrected chi connectivity index (χ4v) is 2.65. The summed E-state index contributed by atoms with van der Waals surface area (Å²) in [5.74, 6) is 0. The molecule has 0 saturated carbocycles. The van der Waals surface area contributed by atoms with Crippen LogP contribution in [-0.4, -0.2) is 19.0 Å². The number of fused-ring (bicyclic) bond motifs is 2. The van der Waals surface area contributed by atoms with Crippen LogP contribution in [0, 0.1) is 0 Å². The van der Waals surface area contributed by atoms with Gasteiger partial charge in [0.1, 0.15) is 0 Å². The summed E-state index contributed by atoms with van der Waals surface area (Å²) in [5, 5.41) is 3.56. The monoisotopic (exact) mass is 238 g/mol. The van der Waals surface area contributed by atoms with Crippen LogP contribution in [0.1, 0.15) is 17.2 Å². The summed E-state index contributed by atoms with van der Waals surface area (Å²) in [6, 6.07) is 17.6. The molecule has 2 aromatic rings. The maximum absolute atomic E-state index is 3.56. The lowest BCUT2D eigenvalue weighted by Gasteiger charge is -2.24. The molecule has 0 fully saturated rings. The zero-order chi connectivity index (χ0) is 12.5. The number of anilines is 2. The van der Waals surface area contributed by atoms with E-state index in [-0.39, 0.29) is 0 Å². The summed E-state index contributed by atoms with van der Waals surface area (Å²) in [5.41, 5.74) is 5.21. The second-order valence-corrected chi connectivity index (χ2v) is 5.05. The number of rotatable bonds is 1. The Morgan fingerprint density at radius 1 is 0.944 bits per heavy atom. The number of nitrogens with one attached hydrogen (secondary N) is 1. The maximum atomic E-state index is 3.56. The van der Waals surface area contributed by atoms with Gasteiger partial charge >= 0.3 is 0 Å². The molecule has 2 aromatic carbocycles. The van der Waals surface area contributed by atoms with Gasteiger partial charge in [0.15, 0.2) is 0 Å². The van der Waals surface area contributed by atoms with E-state index in [0.29, 0.717) is 6.04 Å². The molecule has 0 aromatic heterocycles. The summed E-state index contributed by atoms with van der Waals surface area (Å²) in [4.78, 5) is 2.29. The van der Waals surface area contributed by atoms with E-state index in [1.807, 2.05) is 0 Å². The van der Waals surface area contributed by atoms with Gasteiger partial charge in [0.2, 0.25) is 0 Å². The Balaban J connectivity index is 2.14. The lowest BCUT2D eigenvalue weighted by atomic mass is 9.98. The molecule has 1 N–H and O–H groups in total. The first-order valence-electron chi connectivity index (χ1n) is 6.36. The summed E-state index contributed by atoms with van der Waals surface area (Å²) in [7, 11) is 4.30. The average molecular weight is 238 g/mol. The third-order valence-corrected chi connectivity index (χ3v) is 3.64. The number of para-hydroxylation sites is 2. The van der Waals surface area contributed by atoms with Crippen molar-refractivity contribution in [3.63, 3.8) is 0 Å². The molecule has 0 spiro atoms. The van der Waals surface area contributed by atoms with E-state index in [1.165, 1.54) is 22.5 Å². The zero-order valence-corrected chi connectivity index (χ0v) is 10.9. The second kappa shape index (κ2) is 4.46. The molecule has 0 bridgehead atoms. The highest BCUT2D eigenvalue weighted by Crippen LogP contribution is 2.36. The summed E-state index contributed by atoms with van der Waals surface area (Å²) < 4.78 is 0. The van der Waals surface area contributed by atoms with Crippen molar-refractivity contribution in [1.29, 1.82) is 0 Å². The molecule has 18 heavy (non-hydrogen) atoms. The van der Waals surface area contributed by atoms with E-state index in [1.54, 1.807) is 0 Å². The Kier molecular flexibility index (Phi) is 2.80. The van der Waals surface area contributed by atoms with E-state index >= 15 is 0 Å². The zero-order valence-electron chi connectivity index (χ0n) is 10.9. The molecule has 3 rings (SSSR count). The third kappa shape index (κ3) is 1.89. The minimum absolute atomic E-state index is 0.428. The van der Waals surface area contributed by atoms with Crippen molar-refractivity contribution in [1.82, 2.24) is 4.90 Å². The normalized spacial score (nSPS) is 17.6. The molecule has 92 valence electrons. The van der Waals surface area contributed by atoms with Crippen LogP contribution < -0.4 is 5.32 Å². The van der Waals surface area contributed by atoms with Gasteiger partial charge in [-0.05, 0) is 43.8 Å². The SMILES string of the molecule is CN(C)C1Cc2ccccc2Nc2ccccc21. The number of hydrogen-bond donors (Lipinski definition) is 1. The predicted octanol–water partition coefficient (Wildman–Crippen LogP) is 3.59. The van der Waals surface area contributed by atoms with E-state index in [4.69, 9.17) is 0 Å². The lowest BCUT2D eigenvalue weighted by Crippen LogP contribution is -2.21. The van der Waals surface area contributed by atoms with Crippen molar-refractivity contribution in [3.8, 4) is 0 Å². The van der Waals surface area contributed by atoms with Gasteiger partial charge in [0.05, 0.1) is 0 Å². The smallest absolute Gasteiger partial charge is 0.0433 e. The van der Waals surface area contributed by atoms with E-state index in [2.05, 4.69) is 72.8 Å². The van der Waals surface area contributed by atoms with Gasteiger partial charge in [-0.1, -0.05) is 36.4 Å². The first-order valence-corrected chi connectivity index (χ1v) is 6.36.